The van der Waals surface area contributed by atoms with E-state index in [0.29, 0.717) is 5.69 Å². The van der Waals surface area contributed by atoms with Crippen molar-refractivity contribution in [2.24, 2.45) is 0 Å². The summed E-state index contributed by atoms with van der Waals surface area (Å²) in [4.78, 5) is 27.6. The molecule has 2 rings (SSSR count). The first-order chi connectivity index (χ1) is 15.4. The monoisotopic (exact) mass is 473 g/mol. The van der Waals surface area contributed by atoms with E-state index < -0.39 is 28.5 Å². The van der Waals surface area contributed by atoms with Crippen LogP contribution in [0.25, 0.3) is 0 Å². The van der Waals surface area contributed by atoms with Crippen LogP contribution in [0.15, 0.2) is 48.5 Å². The second-order valence-corrected chi connectivity index (χ2v) is 10.5. The molecule has 180 valence electrons. The van der Waals surface area contributed by atoms with Crippen LogP contribution in [0.3, 0.4) is 0 Å². The zero-order valence-corrected chi connectivity index (χ0v) is 21.1. The quantitative estimate of drug-likeness (QED) is 0.574. The summed E-state index contributed by atoms with van der Waals surface area (Å²) in [5, 5.41) is 2.84. The van der Waals surface area contributed by atoms with Gasteiger partial charge in [-0.25, -0.2) is 8.42 Å². The number of nitrogens with one attached hydrogen (secondary N) is 1. The van der Waals surface area contributed by atoms with Gasteiger partial charge in [0.15, 0.2) is 0 Å². The molecule has 0 fully saturated rings. The predicted molar refractivity (Wildman–Crippen MR) is 132 cm³/mol. The summed E-state index contributed by atoms with van der Waals surface area (Å²) in [6.45, 7) is 9.13. The second kappa shape index (κ2) is 11.3. The van der Waals surface area contributed by atoms with Gasteiger partial charge in [-0.1, -0.05) is 48.9 Å². The van der Waals surface area contributed by atoms with Crippen LogP contribution in [0.4, 0.5) is 5.69 Å². The molecule has 1 atom stereocenters. The summed E-state index contributed by atoms with van der Waals surface area (Å²) < 4.78 is 26.2. The van der Waals surface area contributed by atoms with Gasteiger partial charge in [0, 0.05) is 12.6 Å². The number of carbonyl (C=O) groups is 2. The number of rotatable bonds is 10. The van der Waals surface area contributed by atoms with E-state index in [1.54, 1.807) is 19.1 Å². The maximum absolute atomic E-state index is 13.5. The highest BCUT2D eigenvalue weighted by atomic mass is 32.2. The van der Waals surface area contributed by atoms with Crippen LogP contribution in [0.1, 0.15) is 44.4 Å². The van der Waals surface area contributed by atoms with Crippen molar-refractivity contribution in [1.29, 1.82) is 0 Å². The van der Waals surface area contributed by atoms with Crippen molar-refractivity contribution in [2.45, 2.75) is 59.7 Å². The topological polar surface area (TPSA) is 86.8 Å². The summed E-state index contributed by atoms with van der Waals surface area (Å²) in [5.41, 5.74) is 3.38. The molecule has 2 amide bonds. The Kier molecular flexibility index (Phi) is 9.05. The van der Waals surface area contributed by atoms with E-state index in [9.17, 15) is 18.0 Å². The third kappa shape index (κ3) is 7.60. The van der Waals surface area contributed by atoms with Crippen LogP contribution in [0.2, 0.25) is 0 Å². The Morgan fingerprint density at radius 1 is 1.00 bits per heavy atom. The number of benzene rings is 2. The summed E-state index contributed by atoms with van der Waals surface area (Å²) >= 11 is 0. The molecule has 8 heteroatoms. The summed E-state index contributed by atoms with van der Waals surface area (Å²) in [6, 6.07) is 13.9. The molecule has 0 aromatic heterocycles. The minimum Gasteiger partial charge on any atom is -0.352 e. The van der Waals surface area contributed by atoms with E-state index in [1.165, 1.54) is 4.90 Å². The molecule has 2 aromatic rings. The molecular formula is C25H35N3O4S. The molecule has 33 heavy (non-hydrogen) atoms. The molecule has 0 saturated carbocycles. The molecule has 0 unspecified atom stereocenters. The lowest BCUT2D eigenvalue weighted by molar-refractivity contribution is -0.139. The van der Waals surface area contributed by atoms with Gasteiger partial charge in [0.05, 0.1) is 11.9 Å². The molecule has 7 nitrogen and oxygen atoms in total. The van der Waals surface area contributed by atoms with Gasteiger partial charge in [0.2, 0.25) is 21.8 Å². The van der Waals surface area contributed by atoms with E-state index in [1.807, 2.05) is 64.1 Å². The molecule has 2 aromatic carbocycles. The third-order valence-corrected chi connectivity index (χ3v) is 6.49. The van der Waals surface area contributed by atoms with Crippen molar-refractivity contribution in [3.05, 3.63) is 65.2 Å². The first-order valence-corrected chi connectivity index (χ1v) is 13.0. The number of anilines is 1. The van der Waals surface area contributed by atoms with Crippen LogP contribution >= 0.6 is 0 Å². The van der Waals surface area contributed by atoms with Crippen molar-refractivity contribution in [2.75, 3.05) is 17.1 Å². The maximum Gasteiger partial charge on any atom is 0.244 e. The predicted octanol–water partition coefficient (Wildman–Crippen LogP) is 3.27. The summed E-state index contributed by atoms with van der Waals surface area (Å²) in [6.07, 6.45) is 1.90. The highest BCUT2D eigenvalue weighted by molar-refractivity contribution is 7.92. The fourth-order valence-electron chi connectivity index (χ4n) is 3.51. The molecule has 0 spiro atoms. The Bertz CT molecular complexity index is 1070. The lowest BCUT2D eigenvalue weighted by Gasteiger charge is -2.32. The Balaban J connectivity index is 2.38. The van der Waals surface area contributed by atoms with Crippen LogP contribution in [0, 0.1) is 6.92 Å². The summed E-state index contributed by atoms with van der Waals surface area (Å²) in [5.74, 6) is -0.739. The Morgan fingerprint density at radius 2 is 1.64 bits per heavy atom. The maximum atomic E-state index is 13.5. The average Bonchev–Trinajstić information content (AvgIpc) is 2.74. The molecular weight excluding hydrogens is 438 g/mol. The van der Waals surface area contributed by atoms with Crippen molar-refractivity contribution < 1.29 is 18.0 Å². The Labute approximate surface area is 197 Å². The largest absolute Gasteiger partial charge is 0.352 e. The number of carbonyl (C=O) groups excluding carboxylic acids is 2. The minimum absolute atomic E-state index is 0.0829. The number of nitrogens with zero attached hydrogens (tertiary/aromatic N) is 2. The van der Waals surface area contributed by atoms with Crippen molar-refractivity contribution >= 4 is 27.5 Å². The SMILES string of the molecule is CCc1ccc(N(CC(=O)N(Cc2cccc(C)c2)[C@@H](C)C(=O)NC(C)C)S(C)(=O)=O)cc1. The first kappa shape index (κ1) is 26.4. The van der Waals surface area contributed by atoms with E-state index in [4.69, 9.17) is 0 Å². The van der Waals surface area contributed by atoms with Crippen molar-refractivity contribution in [1.82, 2.24) is 10.2 Å². The number of hydrogen-bond donors (Lipinski definition) is 1. The number of amides is 2. The average molecular weight is 474 g/mol. The van der Waals surface area contributed by atoms with Crippen LogP contribution in [0.5, 0.6) is 0 Å². The van der Waals surface area contributed by atoms with Crippen LogP contribution < -0.4 is 9.62 Å². The van der Waals surface area contributed by atoms with E-state index >= 15 is 0 Å². The summed E-state index contributed by atoms with van der Waals surface area (Å²) in [7, 11) is -3.73. The number of aryl methyl sites for hydroxylation is 2. The second-order valence-electron chi connectivity index (χ2n) is 8.64. The molecule has 0 aliphatic carbocycles. The van der Waals surface area contributed by atoms with Crippen molar-refractivity contribution in [3.63, 3.8) is 0 Å². The fraction of sp³-hybridized carbons (Fsp3) is 0.440. The van der Waals surface area contributed by atoms with Gasteiger partial charge in [-0.15, -0.1) is 0 Å². The van der Waals surface area contributed by atoms with Gasteiger partial charge in [0.1, 0.15) is 12.6 Å². The van der Waals surface area contributed by atoms with Gasteiger partial charge in [-0.05, 0) is 57.4 Å². The smallest absolute Gasteiger partial charge is 0.244 e. The highest BCUT2D eigenvalue weighted by Crippen LogP contribution is 2.20. The van der Waals surface area contributed by atoms with Gasteiger partial charge in [-0.3, -0.25) is 13.9 Å². The fourth-order valence-corrected chi connectivity index (χ4v) is 4.36. The lowest BCUT2D eigenvalue weighted by atomic mass is 10.1. The standard InChI is InChI=1S/C25H35N3O4S/c1-7-21-11-13-23(14-12-21)28(33(6,31)32)17-24(29)27(20(5)25(30)26-18(2)3)16-22-10-8-9-19(4)15-22/h8-15,18,20H,7,16-17H2,1-6H3,(H,26,30)/t20-/m0/s1. The lowest BCUT2D eigenvalue weighted by Crippen LogP contribution is -2.52. The number of hydrogen-bond acceptors (Lipinski definition) is 4. The Morgan fingerprint density at radius 3 is 2.15 bits per heavy atom. The van der Waals surface area contributed by atoms with E-state index in [2.05, 4.69) is 5.32 Å². The van der Waals surface area contributed by atoms with E-state index in [-0.39, 0.29) is 18.5 Å². The molecule has 0 heterocycles. The molecule has 0 aliphatic heterocycles. The van der Waals surface area contributed by atoms with Crippen LogP contribution in [-0.4, -0.2) is 50.0 Å². The van der Waals surface area contributed by atoms with E-state index in [0.717, 1.165) is 33.7 Å². The molecule has 0 bridgehead atoms. The molecule has 0 radical (unpaired) electrons. The third-order valence-electron chi connectivity index (χ3n) is 5.35. The number of sulfonamides is 1. The van der Waals surface area contributed by atoms with Crippen LogP contribution in [-0.2, 0) is 32.6 Å². The minimum atomic E-state index is -3.73. The normalized spacial score (nSPS) is 12.3. The zero-order chi connectivity index (χ0) is 24.8. The van der Waals surface area contributed by atoms with Gasteiger partial charge in [-0.2, -0.15) is 0 Å². The first-order valence-electron chi connectivity index (χ1n) is 11.1. The van der Waals surface area contributed by atoms with Gasteiger partial charge >= 0.3 is 0 Å². The molecule has 0 saturated heterocycles. The van der Waals surface area contributed by atoms with Gasteiger partial charge in [0.25, 0.3) is 0 Å². The van der Waals surface area contributed by atoms with Gasteiger partial charge < -0.3 is 10.2 Å². The Hall–Kier alpha value is -2.87. The zero-order valence-electron chi connectivity index (χ0n) is 20.3. The highest BCUT2D eigenvalue weighted by Gasteiger charge is 2.30. The molecule has 0 aliphatic rings. The van der Waals surface area contributed by atoms with Crippen molar-refractivity contribution in [3.8, 4) is 0 Å². The molecule has 1 N–H and O–H groups in total.